The highest BCUT2D eigenvalue weighted by molar-refractivity contribution is 7.33. The van der Waals surface area contributed by atoms with Crippen LogP contribution in [0.15, 0.2) is 0 Å². The normalized spacial score (nSPS) is 36.4. The fraction of sp³-hybridized carbons (Fsp3) is 1.00. The van der Waals surface area contributed by atoms with Crippen LogP contribution in [0.3, 0.4) is 0 Å². The summed E-state index contributed by atoms with van der Waals surface area (Å²) in [6.07, 6.45) is 1.27. The van der Waals surface area contributed by atoms with Gasteiger partial charge in [-0.15, -0.1) is 0 Å². The van der Waals surface area contributed by atoms with Gasteiger partial charge >= 0.3 is 0 Å². The Morgan fingerprint density at radius 2 is 2.57 bits per heavy atom. The van der Waals surface area contributed by atoms with E-state index in [0.29, 0.717) is 0 Å². The van der Waals surface area contributed by atoms with Gasteiger partial charge in [-0.25, -0.2) is 0 Å². The van der Waals surface area contributed by atoms with Crippen molar-refractivity contribution in [2.75, 3.05) is 6.54 Å². The number of nitrogens with one attached hydrogen (secondary N) is 2. The molecule has 42 valence electrons. The van der Waals surface area contributed by atoms with Gasteiger partial charge in [0.2, 0.25) is 0 Å². The summed E-state index contributed by atoms with van der Waals surface area (Å²) in [5, 5.41) is 6.53. The lowest BCUT2D eigenvalue weighted by Gasteiger charge is -2.19. The standard InChI is InChI=1S/C4H11N2P/c1-4-2-3-5-7-6-4/h4-7H,2-3H2,1H3. The molecular weight excluding hydrogens is 107 g/mol. The van der Waals surface area contributed by atoms with Crippen LogP contribution in [0.4, 0.5) is 0 Å². The van der Waals surface area contributed by atoms with E-state index in [-0.39, 0.29) is 0 Å². The van der Waals surface area contributed by atoms with E-state index in [1.54, 1.807) is 0 Å². The number of rotatable bonds is 0. The van der Waals surface area contributed by atoms with E-state index in [2.05, 4.69) is 17.1 Å². The Morgan fingerprint density at radius 1 is 1.71 bits per heavy atom. The minimum atomic E-state index is 0.736. The van der Waals surface area contributed by atoms with Gasteiger partial charge in [-0.2, -0.15) is 0 Å². The maximum atomic E-state index is 3.30. The Morgan fingerprint density at radius 3 is 2.86 bits per heavy atom. The van der Waals surface area contributed by atoms with Crippen LogP contribution in [0, 0.1) is 0 Å². The summed E-state index contributed by atoms with van der Waals surface area (Å²) in [5.41, 5.74) is 0. The third kappa shape index (κ3) is 1.72. The first kappa shape index (κ1) is 5.49. The monoisotopic (exact) mass is 118 g/mol. The van der Waals surface area contributed by atoms with E-state index in [0.717, 1.165) is 14.9 Å². The largest absolute Gasteiger partial charge is 0.286 e. The molecule has 0 saturated carbocycles. The first-order chi connectivity index (χ1) is 3.39. The summed E-state index contributed by atoms with van der Waals surface area (Å²) >= 11 is 0. The quantitative estimate of drug-likeness (QED) is 0.452. The minimum Gasteiger partial charge on any atom is -0.286 e. The van der Waals surface area contributed by atoms with Gasteiger partial charge in [0.15, 0.2) is 0 Å². The van der Waals surface area contributed by atoms with Crippen molar-refractivity contribution in [1.29, 1.82) is 0 Å². The van der Waals surface area contributed by atoms with E-state index in [1.807, 2.05) is 0 Å². The van der Waals surface area contributed by atoms with E-state index in [1.165, 1.54) is 13.0 Å². The number of hydrogen-bond donors (Lipinski definition) is 2. The van der Waals surface area contributed by atoms with E-state index < -0.39 is 0 Å². The molecule has 1 saturated heterocycles. The molecule has 2 nitrogen and oxygen atoms in total. The van der Waals surface area contributed by atoms with Crippen molar-refractivity contribution in [3.05, 3.63) is 0 Å². The summed E-state index contributed by atoms with van der Waals surface area (Å²) < 4.78 is 0. The van der Waals surface area contributed by atoms with Crippen molar-refractivity contribution in [2.45, 2.75) is 19.4 Å². The SMILES string of the molecule is CC1CCNPN1. The van der Waals surface area contributed by atoms with Crippen LogP contribution in [0.1, 0.15) is 13.3 Å². The molecule has 0 aromatic carbocycles. The Kier molecular flexibility index (Phi) is 2.04. The van der Waals surface area contributed by atoms with Gasteiger partial charge in [-0.3, -0.25) is 10.2 Å². The van der Waals surface area contributed by atoms with Crippen LogP contribution in [0.2, 0.25) is 0 Å². The average molecular weight is 118 g/mol. The minimum absolute atomic E-state index is 0.736. The van der Waals surface area contributed by atoms with Crippen LogP contribution in [0.25, 0.3) is 0 Å². The molecule has 1 aliphatic heterocycles. The first-order valence-corrected chi connectivity index (χ1v) is 3.63. The molecular formula is C4H11N2P. The van der Waals surface area contributed by atoms with Crippen LogP contribution < -0.4 is 10.2 Å². The van der Waals surface area contributed by atoms with Gasteiger partial charge in [0.25, 0.3) is 0 Å². The third-order valence-electron chi connectivity index (χ3n) is 1.11. The van der Waals surface area contributed by atoms with Gasteiger partial charge in [-0.05, 0) is 13.3 Å². The highest BCUT2D eigenvalue weighted by Gasteiger charge is 2.03. The Bertz CT molecular complexity index is 51.7. The molecule has 0 amide bonds. The maximum absolute atomic E-state index is 3.30. The predicted molar refractivity (Wildman–Crippen MR) is 33.5 cm³/mol. The van der Waals surface area contributed by atoms with Gasteiger partial charge in [0, 0.05) is 21.5 Å². The molecule has 2 unspecified atom stereocenters. The first-order valence-electron chi connectivity index (χ1n) is 2.63. The Balaban J connectivity index is 2.12. The fourth-order valence-electron chi connectivity index (χ4n) is 0.598. The molecule has 0 aromatic heterocycles. The van der Waals surface area contributed by atoms with E-state index in [4.69, 9.17) is 0 Å². The van der Waals surface area contributed by atoms with E-state index in [9.17, 15) is 0 Å². The zero-order valence-electron chi connectivity index (χ0n) is 4.49. The van der Waals surface area contributed by atoms with Crippen molar-refractivity contribution < 1.29 is 0 Å². The molecule has 0 radical (unpaired) electrons. The molecule has 1 aliphatic rings. The van der Waals surface area contributed by atoms with Crippen molar-refractivity contribution in [3.8, 4) is 0 Å². The van der Waals surface area contributed by atoms with Gasteiger partial charge in [-0.1, -0.05) is 0 Å². The molecule has 2 N–H and O–H groups in total. The van der Waals surface area contributed by atoms with Crippen molar-refractivity contribution in [3.63, 3.8) is 0 Å². The van der Waals surface area contributed by atoms with Crippen LogP contribution in [-0.4, -0.2) is 12.6 Å². The highest BCUT2D eigenvalue weighted by atomic mass is 31.1. The molecule has 7 heavy (non-hydrogen) atoms. The van der Waals surface area contributed by atoms with Crippen molar-refractivity contribution >= 4 is 8.88 Å². The predicted octanol–water partition coefficient (Wildman–Crippen LogP) is 0.466. The summed E-state index contributed by atoms with van der Waals surface area (Å²) in [6.45, 7) is 3.40. The lowest BCUT2D eigenvalue weighted by molar-refractivity contribution is 0.590. The smallest absolute Gasteiger partial charge is 0.0186 e. The lowest BCUT2D eigenvalue weighted by atomic mass is 10.3. The zero-order valence-corrected chi connectivity index (χ0v) is 5.49. The maximum Gasteiger partial charge on any atom is 0.0186 e. The summed E-state index contributed by atoms with van der Waals surface area (Å²) in [4.78, 5) is 0. The van der Waals surface area contributed by atoms with Crippen molar-refractivity contribution in [1.82, 2.24) is 10.2 Å². The second-order valence-electron chi connectivity index (χ2n) is 1.89. The van der Waals surface area contributed by atoms with E-state index >= 15 is 0 Å². The molecule has 0 aliphatic carbocycles. The molecule has 1 rings (SSSR count). The Hall–Kier alpha value is 0.350. The zero-order chi connectivity index (χ0) is 5.11. The van der Waals surface area contributed by atoms with Gasteiger partial charge in [0.05, 0.1) is 0 Å². The summed E-state index contributed by atoms with van der Waals surface area (Å²) in [5.74, 6) is 0. The lowest BCUT2D eigenvalue weighted by Crippen LogP contribution is -2.30. The average Bonchev–Trinajstić information content (AvgIpc) is 1.69. The summed E-state index contributed by atoms with van der Waals surface area (Å²) in [6, 6.07) is 0.736. The molecule has 3 heteroatoms. The van der Waals surface area contributed by atoms with Crippen LogP contribution >= 0.6 is 8.88 Å². The second-order valence-corrected chi connectivity index (χ2v) is 2.78. The molecule has 0 bridgehead atoms. The highest BCUT2D eigenvalue weighted by Crippen LogP contribution is 2.06. The molecule has 1 fully saturated rings. The fourth-order valence-corrected chi connectivity index (χ4v) is 1.36. The van der Waals surface area contributed by atoms with Gasteiger partial charge in [0.1, 0.15) is 0 Å². The Labute approximate surface area is 46.0 Å². The van der Waals surface area contributed by atoms with Crippen molar-refractivity contribution in [2.24, 2.45) is 0 Å². The molecule has 0 aromatic rings. The molecule has 1 heterocycles. The summed E-state index contributed by atoms with van der Waals surface area (Å²) in [7, 11) is 0.782. The molecule has 2 atom stereocenters. The van der Waals surface area contributed by atoms with Gasteiger partial charge < -0.3 is 0 Å². The van der Waals surface area contributed by atoms with Crippen LogP contribution in [0.5, 0.6) is 0 Å². The molecule has 0 spiro atoms. The van der Waals surface area contributed by atoms with Crippen LogP contribution in [-0.2, 0) is 0 Å². The second kappa shape index (κ2) is 2.61. The third-order valence-corrected chi connectivity index (χ3v) is 2.17. The topological polar surface area (TPSA) is 24.1 Å². The number of hydrogen-bond acceptors (Lipinski definition) is 2.